The number of methoxy groups -OCH3 is 1. The van der Waals surface area contributed by atoms with Gasteiger partial charge in [-0.15, -0.1) is 0 Å². The molecule has 0 atom stereocenters. The molecule has 166 valence electrons. The van der Waals surface area contributed by atoms with E-state index in [-0.39, 0.29) is 30.5 Å². The van der Waals surface area contributed by atoms with E-state index in [0.29, 0.717) is 26.2 Å². The maximum Gasteiger partial charge on any atom is 0.363 e. The van der Waals surface area contributed by atoms with Gasteiger partial charge in [-0.05, 0) is 59.4 Å². The van der Waals surface area contributed by atoms with Crippen LogP contribution in [0.2, 0.25) is 0 Å². The van der Waals surface area contributed by atoms with Crippen molar-refractivity contribution in [3.8, 4) is 11.5 Å². The minimum absolute atomic E-state index is 0.0181. The van der Waals surface area contributed by atoms with Crippen LogP contribution in [0.4, 0.5) is 5.69 Å². The Morgan fingerprint density at radius 3 is 2.78 bits per heavy atom. The summed E-state index contributed by atoms with van der Waals surface area (Å²) in [6.45, 7) is 1.67. The molecule has 0 aromatic heterocycles. The van der Waals surface area contributed by atoms with E-state index in [2.05, 4.69) is 4.99 Å². The number of aliphatic imine (C=N–C) groups is 1. The number of carbonyl (C=O) groups excluding carboxylic acids is 2. The van der Waals surface area contributed by atoms with Gasteiger partial charge in [-0.2, -0.15) is 0 Å². The molecule has 0 amide bonds. The second kappa shape index (κ2) is 10.2. The number of halogens is 1. The number of nitrogens with zero attached hydrogens (tertiary/aromatic N) is 2. The molecule has 10 nitrogen and oxygen atoms in total. The van der Waals surface area contributed by atoms with Gasteiger partial charge in [-0.1, -0.05) is 6.07 Å². The van der Waals surface area contributed by atoms with Gasteiger partial charge in [-0.3, -0.25) is 10.1 Å². The van der Waals surface area contributed by atoms with Gasteiger partial charge < -0.3 is 18.9 Å². The normalized spacial score (nSPS) is 14.0. The average molecular weight is 552 g/mol. The molecule has 2 aromatic rings. The largest absolute Gasteiger partial charge is 0.493 e. The topological polar surface area (TPSA) is 127 Å². The number of non-ortho nitro benzene ring substituents is 1. The SMILES string of the molecule is CCOC(=O)COc1c(I)cc(/C=C2\N=C(c3cccc([N+](=O)[O-])c3)OC2=O)cc1OC. The third-order valence-electron chi connectivity index (χ3n) is 4.12. The van der Waals surface area contributed by atoms with E-state index < -0.39 is 16.9 Å². The first-order valence-corrected chi connectivity index (χ1v) is 10.3. The molecule has 0 aliphatic carbocycles. The van der Waals surface area contributed by atoms with Crippen molar-refractivity contribution in [2.24, 2.45) is 4.99 Å². The molecule has 2 aromatic carbocycles. The monoisotopic (exact) mass is 552 g/mol. The molecule has 0 N–H and O–H groups in total. The number of ether oxygens (including phenoxy) is 4. The highest BCUT2D eigenvalue weighted by Crippen LogP contribution is 2.35. The molecule has 11 heteroatoms. The van der Waals surface area contributed by atoms with Gasteiger partial charge in [0.1, 0.15) is 0 Å². The smallest absolute Gasteiger partial charge is 0.363 e. The highest BCUT2D eigenvalue weighted by molar-refractivity contribution is 14.1. The summed E-state index contributed by atoms with van der Waals surface area (Å²) in [7, 11) is 1.45. The fourth-order valence-electron chi connectivity index (χ4n) is 2.74. The van der Waals surface area contributed by atoms with Crippen molar-refractivity contribution in [2.75, 3.05) is 20.3 Å². The number of esters is 2. The van der Waals surface area contributed by atoms with Crippen LogP contribution in [0.25, 0.3) is 6.08 Å². The first-order valence-electron chi connectivity index (χ1n) is 9.25. The summed E-state index contributed by atoms with van der Waals surface area (Å²) in [4.78, 5) is 38.4. The molecule has 0 unspecified atom stereocenters. The molecule has 1 aliphatic heterocycles. The van der Waals surface area contributed by atoms with Crippen molar-refractivity contribution in [1.29, 1.82) is 0 Å². The van der Waals surface area contributed by atoms with Crippen molar-refractivity contribution in [3.63, 3.8) is 0 Å². The number of rotatable bonds is 8. The Bertz CT molecular complexity index is 1140. The van der Waals surface area contributed by atoms with Crippen molar-refractivity contribution in [3.05, 3.63) is 66.9 Å². The number of hydrogen-bond donors (Lipinski definition) is 0. The molecule has 0 spiro atoms. The maximum absolute atomic E-state index is 12.3. The van der Waals surface area contributed by atoms with Crippen molar-refractivity contribution in [1.82, 2.24) is 0 Å². The van der Waals surface area contributed by atoms with Crippen LogP contribution in [-0.2, 0) is 19.1 Å². The highest BCUT2D eigenvalue weighted by Gasteiger charge is 2.25. The van der Waals surface area contributed by atoms with Crippen LogP contribution < -0.4 is 9.47 Å². The van der Waals surface area contributed by atoms with Crippen LogP contribution >= 0.6 is 22.6 Å². The van der Waals surface area contributed by atoms with Crippen molar-refractivity contribution < 1.29 is 33.5 Å². The van der Waals surface area contributed by atoms with Gasteiger partial charge in [0.15, 0.2) is 23.8 Å². The highest BCUT2D eigenvalue weighted by atomic mass is 127. The Morgan fingerprint density at radius 2 is 2.09 bits per heavy atom. The molecule has 1 aliphatic rings. The Labute approximate surface area is 196 Å². The molecule has 32 heavy (non-hydrogen) atoms. The number of hydrogen-bond acceptors (Lipinski definition) is 9. The predicted octanol–water partition coefficient (Wildman–Crippen LogP) is 3.49. The van der Waals surface area contributed by atoms with Gasteiger partial charge >= 0.3 is 11.9 Å². The second-order valence-corrected chi connectivity index (χ2v) is 7.43. The van der Waals surface area contributed by atoms with E-state index in [9.17, 15) is 19.7 Å². The third-order valence-corrected chi connectivity index (χ3v) is 4.92. The number of nitro benzene ring substituents is 1. The van der Waals surface area contributed by atoms with Crippen LogP contribution in [0.5, 0.6) is 11.5 Å². The van der Waals surface area contributed by atoms with Crippen molar-refractivity contribution in [2.45, 2.75) is 6.92 Å². The first-order chi connectivity index (χ1) is 15.3. The van der Waals surface area contributed by atoms with E-state index in [1.807, 2.05) is 22.6 Å². The summed E-state index contributed by atoms with van der Waals surface area (Å²) in [6, 6.07) is 8.97. The lowest BCUT2D eigenvalue weighted by molar-refractivity contribution is -0.384. The summed E-state index contributed by atoms with van der Waals surface area (Å²) in [5.74, 6) is -0.516. The minimum atomic E-state index is -0.692. The zero-order valence-electron chi connectivity index (χ0n) is 17.0. The van der Waals surface area contributed by atoms with Gasteiger partial charge in [0, 0.05) is 17.7 Å². The van der Waals surface area contributed by atoms with Gasteiger partial charge in [0.05, 0.1) is 22.2 Å². The Hall–Kier alpha value is -3.48. The van der Waals surface area contributed by atoms with Gasteiger partial charge in [-0.25, -0.2) is 14.6 Å². The number of carbonyl (C=O) groups is 2. The van der Waals surface area contributed by atoms with E-state index in [0.717, 1.165) is 0 Å². The van der Waals surface area contributed by atoms with Crippen molar-refractivity contribution >= 4 is 52.2 Å². The maximum atomic E-state index is 12.3. The third kappa shape index (κ3) is 5.41. The summed E-state index contributed by atoms with van der Waals surface area (Å²) < 4.78 is 21.5. The van der Waals surface area contributed by atoms with E-state index in [1.165, 1.54) is 31.4 Å². The first kappa shape index (κ1) is 23.2. The lowest BCUT2D eigenvalue weighted by Crippen LogP contribution is -2.15. The van der Waals surface area contributed by atoms with Crippen LogP contribution in [-0.4, -0.2) is 43.1 Å². The fraction of sp³-hybridized carbons (Fsp3) is 0.190. The van der Waals surface area contributed by atoms with E-state index in [1.54, 1.807) is 25.1 Å². The fourth-order valence-corrected chi connectivity index (χ4v) is 3.52. The number of nitro groups is 1. The van der Waals surface area contributed by atoms with E-state index in [4.69, 9.17) is 18.9 Å². The molecular formula is C21H17IN2O8. The molecular weight excluding hydrogens is 535 g/mol. The zero-order valence-corrected chi connectivity index (χ0v) is 19.2. The summed E-state index contributed by atoms with van der Waals surface area (Å²) in [5.41, 5.74) is 0.762. The summed E-state index contributed by atoms with van der Waals surface area (Å²) in [6.07, 6.45) is 1.49. The lowest BCUT2D eigenvalue weighted by Gasteiger charge is -2.13. The number of benzene rings is 2. The molecule has 0 saturated heterocycles. The zero-order chi connectivity index (χ0) is 23.3. The van der Waals surface area contributed by atoms with Crippen LogP contribution in [0.15, 0.2) is 47.1 Å². The molecule has 0 radical (unpaired) electrons. The number of cyclic esters (lactones) is 1. The Morgan fingerprint density at radius 1 is 1.31 bits per heavy atom. The second-order valence-electron chi connectivity index (χ2n) is 6.27. The van der Waals surface area contributed by atoms with Crippen LogP contribution in [0, 0.1) is 13.7 Å². The molecule has 1 heterocycles. The Balaban J connectivity index is 1.88. The Kier molecular flexibility index (Phi) is 7.41. The standard InChI is InChI=1S/C21H17IN2O8/c1-3-30-18(25)11-31-19-15(22)7-12(9-17(19)29-2)8-16-21(26)32-20(23-16)13-5-4-6-14(10-13)24(27)28/h4-10H,3,11H2,1-2H3/b16-8-. The molecule has 0 fully saturated rings. The molecule has 0 bridgehead atoms. The molecule has 0 saturated carbocycles. The summed E-state index contributed by atoms with van der Waals surface area (Å²) >= 11 is 2.02. The van der Waals surface area contributed by atoms with Gasteiger partial charge in [0.2, 0.25) is 5.90 Å². The quantitative estimate of drug-likeness (QED) is 0.160. The predicted molar refractivity (Wildman–Crippen MR) is 122 cm³/mol. The minimum Gasteiger partial charge on any atom is -0.493 e. The molecule has 3 rings (SSSR count). The van der Waals surface area contributed by atoms with Crippen LogP contribution in [0.1, 0.15) is 18.1 Å². The average Bonchev–Trinajstić information content (AvgIpc) is 3.13. The lowest BCUT2D eigenvalue weighted by atomic mass is 10.1. The van der Waals surface area contributed by atoms with Gasteiger partial charge in [0.25, 0.3) is 5.69 Å². The van der Waals surface area contributed by atoms with Crippen LogP contribution in [0.3, 0.4) is 0 Å². The summed E-state index contributed by atoms with van der Waals surface area (Å²) in [5, 5.41) is 11.0. The van der Waals surface area contributed by atoms with E-state index >= 15 is 0 Å².